The van der Waals surface area contributed by atoms with Crippen LogP contribution in [0.15, 0.2) is 16.6 Å². The molecule has 1 aromatic carbocycles. The number of nitrogens with zero attached hydrogens (tertiary/aromatic N) is 2. The van der Waals surface area contributed by atoms with Gasteiger partial charge in [-0.15, -0.1) is 0 Å². The summed E-state index contributed by atoms with van der Waals surface area (Å²) in [4.78, 5) is 8.46. The highest BCUT2D eigenvalue weighted by atomic mass is 79.9. The third-order valence-corrected chi connectivity index (χ3v) is 3.35. The van der Waals surface area contributed by atoms with Gasteiger partial charge in [-0.25, -0.2) is 9.97 Å². The molecule has 0 saturated heterocycles. The number of hydrogen-bond acceptors (Lipinski definition) is 2. The van der Waals surface area contributed by atoms with E-state index in [0.717, 1.165) is 20.9 Å². The Kier molecular flexibility index (Phi) is 2.45. The van der Waals surface area contributed by atoms with Gasteiger partial charge in [0.2, 0.25) is 0 Å². The van der Waals surface area contributed by atoms with Gasteiger partial charge in [0.15, 0.2) is 0 Å². The van der Waals surface area contributed by atoms with Crippen LogP contribution < -0.4 is 0 Å². The van der Waals surface area contributed by atoms with E-state index in [1.807, 2.05) is 26.0 Å². The van der Waals surface area contributed by atoms with E-state index in [1.165, 1.54) is 0 Å². The second kappa shape index (κ2) is 3.48. The minimum absolute atomic E-state index is 0.508. The van der Waals surface area contributed by atoms with E-state index >= 15 is 0 Å². The Bertz CT molecular complexity index is 511. The fraction of sp³-hybridized carbons (Fsp3) is 0.200. The van der Waals surface area contributed by atoms with Crippen LogP contribution in [0.2, 0.25) is 5.15 Å². The van der Waals surface area contributed by atoms with E-state index in [-0.39, 0.29) is 0 Å². The molecule has 0 spiro atoms. The van der Waals surface area contributed by atoms with Crippen molar-refractivity contribution in [3.63, 3.8) is 0 Å². The Labute approximate surface area is 95.5 Å². The number of hydrogen-bond donors (Lipinski definition) is 0. The maximum absolute atomic E-state index is 6.01. The van der Waals surface area contributed by atoms with Gasteiger partial charge < -0.3 is 0 Å². The first-order chi connectivity index (χ1) is 6.59. The normalized spacial score (nSPS) is 10.9. The molecule has 0 bridgehead atoms. The van der Waals surface area contributed by atoms with Gasteiger partial charge in [0.25, 0.3) is 0 Å². The molecule has 0 saturated carbocycles. The lowest BCUT2D eigenvalue weighted by Gasteiger charge is -2.05. The molecular weight excluding hydrogens is 263 g/mol. The Hall–Kier alpha value is -0.670. The van der Waals surface area contributed by atoms with E-state index in [1.54, 1.807) is 0 Å². The van der Waals surface area contributed by atoms with Crippen LogP contribution in [0, 0.1) is 13.8 Å². The number of halogens is 2. The summed E-state index contributed by atoms with van der Waals surface area (Å²) in [6.07, 6.45) is 0. The molecule has 2 aromatic rings. The van der Waals surface area contributed by atoms with Crippen LogP contribution in [-0.2, 0) is 0 Å². The first kappa shape index (κ1) is 9.87. The van der Waals surface area contributed by atoms with Gasteiger partial charge in [-0.2, -0.15) is 0 Å². The van der Waals surface area contributed by atoms with E-state index in [4.69, 9.17) is 11.6 Å². The zero-order chi connectivity index (χ0) is 10.3. The average Bonchev–Trinajstić information content (AvgIpc) is 2.12. The molecule has 0 atom stereocenters. The molecule has 0 fully saturated rings. The van der Waals surface area contributed by atoms with Gasteiger partial charge in [-0.1, -0.05) is 17.7 Å². The summed E-state index contributed by atoms with van der Waals surface area (Å²) in [5, 5.41) is 1.39. The summed E-state index contributed by atoms with van der Waals surface area (Å²) in [6, 6.07) is 3.94. The van der Waals surface area contributed by atoms with E-state index < -0.39 is 0 Å². The number of aromatic nitrogens is 2. The van der Waals surface area contributed by atoms with Crippen molar-refractivity contribution < 1.29 is 0 Å². The van der Waals surface area contributed by atoms with Crippen LogP contribution in [0.25, 0.3) is 10.9 Å². The average molecular weight is 272 g/mol. The number of aryl methyl sites for hydroxylation is 2. The molecule has 0 aliphatic heterocycles. The highest BCUT2D eigenvalue weighted by molar-refractivity contribution is 9.10. The summed E-state index contributed by atoms with van der Waals surface area (Å²) in [7, 11) is 0. The summed E-state index contributed by atoms with van der Waals surface area (Å²) in [5.41, 5.74) is 2.02. The first-order valence-electron chi connectivity index (χ1n) is 4.18. The third kappa shape index (κ3) is 1.51. The zero-order valence-corrected chi connectivity index (χ0v) is 10.1. The van der Waals surface area contributed by atoms with E-state index in [2.05, 4.69) is 25.9 Å². The van der Waals surface area contributed by atoms with Crippen molar-refractivity contribution in [1.29, 1.82) is 0 Å². The molecule has 0 aliphatic carbocycles. The van der Waals surface area contributed by atoms with Crippen molar-refractivity contribution >= 4 is 38.4 Å². The van der Waals surface area contributed by atoms with Crippen molar-refractivity contribution in [2.45, 2.75) is 13.8 Å². The minimum Gasteiger partial charge on any atom is -0.232 e. The van der Waals surface area contributed by atoms with E-state index in [0.29, 0.717) is 11.0 Å². The van der Waals surface area contributed by atoms with Crippen LogP contribution in [0.5, 0.6) is 0 Å². The number of rotatable bonds is 0. The van der Waals surface area contributed by atoms with Crippen LogP contribution in [-0.4, -0.2) is 9.97 Å². The van der Waals surface area contributed by atoms with Crippen molar-refractivity contribution in [1.82, 2.24) is 9.97 Å². The topological polar surface area (TPSA) is 25.8 Å². The molecule has 0 amide bonds. The highest BCUT2D eigenvalue weighted by Gasteiger charge is 2.07. The second-order valence-corrected chi connectivity index (χ2v) is 4.31. The van der Waals surface area contributed by atoms with Gasteiger partial charge in [-0.3, -0.25) is 0 Å². The Morgan fingerprint density at radius 3 is 2.64 bits per heavy atom. The lowest BCUT2D eigenvalue weighted by atomic mass is 10.2. The van der Waals surface area contributed by atoms with Crippen LogP contribution in [0.4, 0.5) is 0 Å². The van der Waals surface area contributed by atoms with Gasteiger partial charge >= 0.3 is 0 Å². The number of benzene rings is 1. The van der Waals surface area contributed by atoms with Crippen LogP contribution in [0.1, 0.15) is 11.4 Å². The molecule has 0 N–H and O–H groups in total. The maximum atomic E-state index is 6.01. The van der Waals surface area contributed by atoms with Crippen LogP contribution >= 0.6 is 27.5 Å². The van der Waals surface area contributed by atoms with Gasteiger partial charge in [0.1, 0.15) is 11.0 Å². The molecule has 2 nitrogen and oxygen atoms in total. The Morgan fingerprint density at radius 1 is 1.21 bits per heavy atom. The fourth-order valence-corrected chi connectivity index (χ4v) is 2.04. The molecule has 0 unspecified atom stereocenters. The smallest absolute Gasteiger partial charge is 0.140 e. The molecule has 1 aromatic heterocycles. The molecule has 1 heterocycles. The molecule has 0 radical (unpaired) electrons. The summed E-state index contributed by atoms with van der Waals surface area (Å²) in [5.74, 6) is 0.689. The quantitative estimate of drug-likeness (QED) is 0.683. The Balaban J connectivity index is 2.95. The molecule has 0 aliphatic rings. The fourth-order valence-electron chi connectivity index (χ4n) is 1.33. The van der Waals surface area contributed by atoms with Gasteiger partial charge in [-0.05, 0) is 41.4 Å². The van der Waals surface area contributed by atoms with Gasteiger partial charge in [0, 0.05) is 9.86 Å². The zero-order valence-electron chi connectivity index (χ0n) is 7.81. The van der Waals surface area contributed by atoms with Gasteiger partial charge in [0.05, 0.1) is 5.52 Å². The molecule has 72 valence electrons. The summed E-state index contributed by atoms with van der Waals surface area (Å²) < 4.78 is 0.988. The highest BCUT2D eigenvalue weighted by Crippen LogP contribution is 2.29. The SMILES string of the molecule is Cc1nc(Cl)c2ccc(C)c(Br)c2n1. The minimum atomic E-state index is 0.508. The monoisotopic (exact) mass is 270 g/mol. The maximum Gasteiger partial charge on any atom is 0.140 e. The Morgan fingerprint density at radius 2 is 1.93 bits per heavy atom. The number of fused-ring (bicyclic) bond motifs is 1. The second-order valence-electron chi connectivity index (χ2n) is 3.15. The standard InChI is InChI=1S/C10H8BrClN2/c1-5-3-4-7-9(8(5)11)13-6(2)14-10(7)12/h3-4H,1-2H3. The van der Waals surface area contributed by atoms with Crippen LogP contribution in [0.3, 0.4) is 0 Å². The van der Waals surface area contributed by atoms with Crippen molar-refractivity contribution in [3.8, 4) is 0 Å². The summed E-state index contributed by atoms with van der Waals surface area (Å²) in [6.45, 7) is 3.86. The first-order valence-corrected chi connectivity index (χ1v) is 5.35. The molecule has 14 heavy (non-hydrogen) atoms. The van der Waals surface area contributed by atoms with Crippen molar-refractivity contribution in [2.75, 3.05) is 0 Å². The molecular formula is C10H8BrClN2. The predicted octanol–water partition coefficient (Wildman–Crippen LogP) is 3.66. The largest absolute Gasteiger partial charge is 0.232 e. The predicted molar refractivity (Wildman–Crippen MR) is 61.7 cm³/mol. The van der Waals surface area contributed by atoms with Crippen molar-refractivity contribution in [2.24, 2.45) is 0 Å². The molecule has 4 heteroatoms. The molecule has 2 rings (SSSR count). The summed E-state index contributed by atoms with van der Waals surface area (Å²) >= 11 is 9.51. The lowest BCUT2D eigenvalue weighted by Crippen LogP contribution is -1.92. The van der Waals surface area contributed by atoms with Crippen molar-refractivity contribution in [3.05, 3.63) is 33.1 Å². The van der Waals surface area contributed by atoms with E-state index in [9.17, 15) is 0 Å². The lowest BCUT2D eigenvalue weighted by molar-refractivity contribution is 1.09. The third-order valence-electron chi connectivity index (χ3n) is 2.07.